The summed E-state index contributed by atoms with van der Waals surface area (Å²) in [7, 11) is -1.96. The van der Waals surface area contributed by atoms with Gasteiger partial charge in [-0.15, -0.1) is 10.0 Å². The number of nitrogens with one attached hydrogen (secondary N) is 1. The van der Waals surface area contributed by atoms with Gasteiger partial charge in [0.05, 0.1) is 11.0 Å². The minimum atomic E-state index is -1.96. The van der Waals surface area contributed by atoms with Crippen molar-refractivity contribution in [2.24, 2.45) is 0 Å². The van der Waals surface area contributed by atoms with Gasteiger partial charge in [-0.05, 0) is 71.8 Å². The van der Waals surface area contributed by atoms with Crippen LogP contribution in [-0.2, 0) is 0 Å². The third-order valence-corrected chi connectivity index (χ3v) is 12.2. The number of pyridine rings is 1. The van der Waals surface area contributed by atoms with Crippen LogP contribution in [0.1, 0.15) is 0 Å². The molecule has 0 aliphatic carbocycles. The largest absolute Gasteiger partial charge is 0.387 e. The van der Waals surface area contributed by atoms with Gasteiger partial charge < -0.3 is 9.88 Å². The normalized spacial score (nSPS) is 15.0. The highest BCUT2D eigenvalue weighted by Crippen LogP contribution is 2.74. The van der Waals surface area contributed by atoms with Crippen molar-refractivity contribution in [2.45, 2.75) is 14.7 Å². The lowest BCUT2D eigenvalue weighted by molar-refractivity contribution is 0.966. The third kappa shape index (κ3) is 4.26. The first-order chi connectivity index (χ1) is 21.8. The monoisotopic (exact) mass is 585 g/mol. The fourth-order valence-electron chi connectivity index (χ4n) is 6.48. The molecule has 44 heavy (non-hydrogen) atoms. The molecule has 0 radical (unpaired) electrons. The molecule has 2 aromatic heterocycles. The first-order valence-electron chi connectivity index (χ1n) is 14.9. The molecule has 1 atom stereocenters. The van der Waals surface area contributed by atoms with E-state index in [1.165, 1.54) is 52.5 Å². The Bertz CT molecular complexity index is 2170. The first-order valence-corrected chi connectivity index (χ1v) is 16.6. The summed E-state index contributed by atoms with van der Waals surface area (Å²) in [6.45, 7) is 0.817. The van der Waals surface area contributed by atoms with Crippen molar-refractivity contribution in [2.75, 3.05) is 6.54 Å². The van der Waals surface area contributed by atoms with Crippen LogP contribution in [0.3, 0.4) is 0 Å². The van der Waals surface area contributed by atoms with E-state index in [1.807, 2.05) is 6.20 Å². The van der Waals surface area contributed by atoms with Crippen molar-refractivity contribution in [3.63, 3.8) is 0 Å². The van der Waals surface area contributed by atoms with Crippen LogP contribution in [0.15, 0.2) is 190 Å². The maximum absolute atomic E-state index is 4.68. The van der Waals surface area contributed by atoms with E-state index in [2.05, 4.69) is 179 Å². The lowest BCUT2D eigenvalue weighted by atomic mass is 10.1. The summed E-state index contributed by atoms with van der Waals surface area (Å²) >= 11 is 0. The highest BCUT2D eigenvalue weighted by atomic mass is 32.3. The van der Waals surface area contributed by atoms with Gasteiger partial charge in [-0.1, -0.05) is 91.0 Å². The molecule has 7 aromatic rings. The zero-order valence-corrected chi connectivity index (χ0v) is 25.0. The van der Waals surface area contributed by atoms with E-state index in [-0.39, 0.29) is 0 Å². The second kappa shape index (κ2) is 11.1. The van der Waals surface area contributed by atoms with Crippen LogP contribution in [-0.4, -0.2) is 16.1 Å². The highest BCUT2D eigenvalue weighted by molar-refractivity contribution is 8.37. The Morgan fingerprint density at radius 1 is 0.591 bits per heavy atom. The van der Waals surface area contributed by atoms with E-state index >= 15 is 0 Å². The number of hydrogen-bond donors (Lipinski definition) is 1. The van der Waals surface area contributed by atoms with Gasteiger partial charge in [0.1, 0.15) is 0 Å². The van der Waals surface area contributed by atoms with E-state index in [0.29, 0.717) is 0 Å². The minimum Gasteiger partial charge on any atom is -0.387 e. The zero-order valence-electron chi connectivity index (χ0n) is 24.2. The van der Waals surface area contributed by atoms with E-state index in [9.17, 15) is 0 Å². The van der Waals surface area contributed by atoms with E-state index in [4.69, 9.17) is 0 Å². The summed E-state index contributed by atoms with van der Waals surface area (Å²) in [6.07, 6.45) is 10.7. The van der Waals surface area contributed by atoms with Gasteiger partial charge in [0.25, 0.3) is 0 Å². The highest BCUT2D eigenvalue weighted by Gasteiger charge is 2.36. The van der Waals surface area contributed by atoms with Crippen LogP contribution in [0.2, 0.25) is 0 Å². The van der Waals surface area contributed by atoms with Gasteiger partial charge in [0, 0.05) is 61.2 Å². The summed E-state index contributed by atoms with van der Waals surface area (Å²) in [5, 5.41) is 6.04. The number of aromatic nitrogens is 2. The second-order valence-electron chi connectivity index (χ2n) is 10.9. The Morgan fingerprint density at radius 2 is 1.32 bits per heavy atom. The molecule has 4 heteroatoms. The zero-order chi connectivity index (χ0) is 29.3. The Balaban J connectivity index is 1.48. The summed E-state index contributed by atoms with van der Waals surface area (Å²) in [5.74, 6) is 0. The summed E-state index contributed by atoms with van der Waals surface area (Å²) in [6, 6.07) is 50.6. The van der Waals surface area contributed by atoms with E-state index in [0.717, 1.165) is 12.2 Å². The molecule has 0 amide bonds. The Morgan fingerprint density at radius 3 is 2.11 bits per heavy atom. The van der Waals surface area contributed by atoms with Crippen molar-refractivity contribution in [3.05, 3.63) is 175 Å². The van der Waals surface area contributed by atoms with Crippen LogP contribution in [0.25, 0.3) is 38.6 Å². The van der Waals surface area contributed by atoms with Crippen LogP contribution in [0.5, 0.6) is 0 Å². The van der Waals surface area contributed by atoms with Crippen LogP contribution < -0.4 is 5.32 Å². The maximum Gasteiger partial charge on any atom is 0.0552 e. The molecular formula is C40H31N3S. The first kappa shape index (κ1) is 26.3. The Kier molecular flexibility index (Phi) is 6.62. The van der Waals surface area contributed by atoms with Gasteiger partial charge in [-0.3, -0.25) is 4.98 Å². The summed E-state index contributed by atoms with van der Waals surface area (Å²) in [4.78, 5) is 9.68. The minimum absolute atomic E-state index is 0.817. The number of hydrogen-bond acceptors (Lipinski definition) is 2. The number of allylic oxidation sites excluding steroid dienone is 1. The van der Waals surface area contributed by atoms with E-state index in [1.54, 1.807) is 0 Å². The number of dihydropyridines is 1. The molecule has 0 saturated carbocycles. The molecule has 1 aliphatic heterocycles. The van der Waals surface area contributed by atoms with Crippen molar-refractivity contribution in [1.82, 2.24) is 14.9 Å². The smallest absolute Gasteiger partial charge is 0.0552 e. The lowest BCUT2D eigenvalue weighted by Crippen LogP contribution is -2.15. The van der Waals surface area contributed by atoms with Gasteiger partial charge >= 0.3 is 0 Å². The van der Waals surface area contributed by atoms with Crippen molar-refractivity contribution in [1.29, 1.82) is 0 Å². The van der Waals surface area contributed by atoms with Crippen LogP contribution >= 0.6 is 10.0 Å². The number of benzene rings is 5. The second-order valence-corrected chi connectivity index (χ2v) is 14.0. The molecule has 8 rings (SSSR count). The molecule has 1 aliphatic rings. The number of para-hydroxylation sites is 2. The van der Waals surface area contributed by atoms with Crippen LogP contribution in [0.4, 0.5) is 0 Å². The van der Waals surface area contributed by atoms with Gasteiger partial charge in [-0.2, -0.15) is 0 Å². The molecule has 1 N–H and O–H groups in total. The van der Waals surface area contributed by atoms with Gasteiger partial charge in [0.2, 0.25) is 0 Å². The molecule has 0 saturated heterocycles. The molecule has 0 fully saturated rings. The average molecular weight is 586 g/mol. The maximum atomic E-state index is 4.68. The lowest BCUT2D eigenvalue weighted by Gasteiger charge is -2.43. The average Bonchev–Trinajstić information content (AvgIpc) is 3.44. The van der Waals surface area contributed by atoms with Crippen LogP contribution in [0, 0.1) is 0 Å². The summed E-state index contributed by atoms with van der Waals surface area (Å²) < 4.78 is 2.41. The number of nitrogens with zero attached hydrogens (tertiary/aromatic N) is 2. The molecular weight excluding hydrogens is 555 g/mol. The third-order valence-electron chi connectivity index (χ3n) is 8.41. The topological polar surface area (TPSA) is 29.9 Å². The van der Waals surface area contributed by atoms with Crippen molar-refractivity contribution in [3.8, 4) is 16.8 Å². The SMILES string of the molecule is C1=CC(S(c2cccnc2)(c2cccc(-c3ccccc3)c2)c2ccc3c4ccccc4n(-c4ccccc4)c3c2)=CNC1. The quantitative estimate of drug-likeness (QED) is 0.210. The molecule has 212 valence electrons. The molecule has 0 spiro atoms. The molecule has 5 aromatic carbocycles. The predicted octanol–water partition coefficient (Wildman–Crippen LogP) is 10.1. The Labute approximate surface area is 259 Å². The standard InChI is InChI=1S/C40H31N3S/c1-3-12-30(13-4-1)31-14-9-17-33(26-31)44(35-18-10-24-41-28-35,36-19-11-25-42-29-36)34-22-23-38-37-20-7-8-21-39(37)43(40(38)27-34)32-15-5-2-6-16-32/h1-24,26-29,42H,25H2. The van der Waals surface area contributed by atoms with Crippen molar-refractivity contribution >= 4 is 31.8 Å². The van der Waals surface area contributed by atoms with Gasteiger partial charge in [0.15, 0.2) is 0 Å². The fraction of sp³-hybridized carbons (Fsp3) is 0.0250. The molecule has 0 bridgehead atoms. The molecule has 1 unspecified atom stereocenters. The fourth-order valence-corrected chi connectivity index (χ4v) is 10.3. The number of fused-ring (bicyclic) bond motifs is 3. The Hall–Kier alpha value is -5.32. The molecule has 3 nitrogen and oxygen atoms in total. The predicted molar refractivity (Wildman–Crippen MR) is 185 cm³/mol. The molecule has 3 heterocycles. The number of rotatable bonds is 6. The van der Waals surface area contributed by atoms with Crippen molar-refractivity contribution < 1.29 is 0 Å². The summed E-state index contributed by atoms with van der Waals surface area (Å²) in [5.41, 5.74) is 5.97. The van der Waals surface area contributed by atoms with Gasteiger partial charge in [-0.25, -0.2) is 0 Å². The van der Waals surface area contributed by atoms with E-state index < -0.39 is 10.0 Å².